The molecular weight excluding hydrogens is 380 g/mol. The molecule has 5 nitrogen and oxygen atoms in total. The minimum Gasteiger partial charge on any atom is -0.350 e. The molecule has 4 rings (SSSR count). The third-order valence-electron chi connectivity index (χ3n) is 4.19. The predicted octanol–water partition coefficient (Wildman–Crippen LogP) is 3.76. The number of halogens is 1. The normalized spacial score (nSPS) is 11.2. The number of para-hydroxylation sites is 1. The van der Waals surface area contributed by atoms with Gasteiger partial charge in [-0.05, 0) is 45.6 Å². The van der Waals surface area contributed by atoms with Crippen LogP contribution in [-0.2, 0) is 17.9 Å². The Labute approximate surface area is 153 Å². The lowest BCUT2D eigenvalue weighted by Crippen LogP contribution is -2.24. The number of benzene rings is 1. The summed E-state index contributed by atoms with van der Waals surface area (Å²) < 4.78 is 5.04. The van der Waals surface area contributed by atoms with Gasteiger partial charge in [0.1, 0.15) is 5.65 Å². The minimum atomic E-state index is 0.0241. The van der Waals surface area contributed by atoms with E-state index in [1.54, 1.807) is 0 Å². The van der Waals surface area contributed by atoms with E-state index in [-0.39, 0.29) is 5.91 Å². The number of rotatable bonds is 5. The average molecular weight is 397 g/mol. The molecule has 0 radical (unpaired) electrons. The quantitative estimate of drug-likeness (QED) is 0.558. The van der Waals surface area contributed by atoms with Crippen LogP contribution in [0.25, 0.3) is 16.6 Å². The Kier molecular flexibility index (Phi) is 4.28. The number of fused-ring (bicyclic) bond motifs is 2. The number of carbonyl (C=O) groups is 1. The standard InChI is InChI=1S/C19H17BrN4O/c20-15-5-6-18-22-16(13-24(18)12-15)11-21-19(25)8-10-23-9-7-14-3-1-2-4-17(14)23/h1-7,9,12-13H,8,10-11H2,(H,21,25). The number of imidazole rings is 1. The molecule has 0 saturated carbocycles. The topological polar surface area (TPSA) is 51.3 Å². The van der Waals surface area contributed by atoms with Gasteiger partial charge >= 0.3 is 0 Å². The summed E-state index contributed by atoms with van der Waals surface area (Å²) in [6, 6.07) is 14.1. The highest BCUT2D eigenvalue weighted by molar-refractivity contribution is 9.10. The molecule has 1 N–H and O–H groups in total. The van der Waals surface area contributed by atoms with Crippen LogP contribution in [0, 0.1) is 0 Å². The van der Waals surface area contributed by atoms with Crippen molar-refractivity contribution in [2.24, 2.45) is 0 Å². The van der Waals surface area contributed by atoms with Gasteiger partial charge in [-0.25, -0.2) is 4.98 Å². The SMILES string of the molecule is O=C(CCn1ccc2ccccc21)NCc1cn2cc(Br)ccc2n1. The molecule has 0 aliphatic rings. The van der Waals surface area contributed by atoms with Crippen molar-refractivity contribution in [2.75, 3.05) is 0 Å². The lowest BCUT2D eigenvalue weighted by Gasteiger charge is -2.06. The second kappa shape index (κ2) is 6.72. The van der Waals surface area contributed by atoms with Crippen molar-refractivity contribution in [3.63, 3.8) is 0 Å². The van der Waals surface area contributed by atoms with Gasteiger partial charge in [-0.3, -0.25) is 4.79 Å². The zero-order valence-corrected chi connectivity index (χ0v) is 15.1. The van der Waals surface area contributed by atoms with Gasteiger partial charge in [0.2, 0.25) is 5.91 Å². The minimum absolute atomic E-state index is 0.0241. The van der Waals surface area contributed by atoms with Crippen LogP contribution in [-0.4, -0.2) is 19.9 Å². The maximum absolute atomic E-state index is 12.2. The molecule has 126 valence electrons. The first-order valence-corrected chi connectivity index (χ1v) is 8.92. The number of pyridine rings is 1. The molecule has 0 atom stereocenters. The Bertz CT molecular complexity index is 1050. The second-order valence-electron chi connectivity index (χ2n) is 5.94. The van der Waals surface area contributed by atoms with E-state index < -0.39 is 0 Å². The van der Waals surface area contributed by atoms with Crippen molar-refractivity contribution in [3.8, 4) is 0 Å². The number of nitrogens with one attached hydrogen (secondary N) is 1. The Hall–Kier alpha value is -2.60. The van der Waals surface area contributed by atoms with Crippen molar-refractivity contribution >= 4 is 38.4 Å². The van der Waals surface area contributed by atoms with Crippen LogP contribution < -0.4 is 5.32 Å². The first-order valence-electron chi connectivity index (χ1n) is 8.13. The van der Waals surface area contributed by atoms with Crippen molar-refractivity contribution in [1.29, 1.82) is 0 Å². The van der Waals surface area contributed by atoms with Crippen molar-refractivity contribution in [2.45, 2.75) is 19.5 Å². The van der Waals surface area contributed by atoms with Gasteiger partial charge in [-0.1, -0.05) is 18.2 Å². The average Bonchev–Trinajstić information content (AvgIpc) is 3.21. The first-order chi connectivity index (χ1) is 12.2. The van der Waals surface area contributed by atoms with Gasteiger partial charge in [0, 0.05) is 41.5 Å². The van der Waals surface area contributed by atoms with Crippen LogP contribution in [0.2, 0.25) is 0 Å². The fourth-order valence-electron chi connectivity index (χ4n) is 2.94. The maximum Gasteiger partial charge on any atom is 0.222 e. The number of aromatic nitrogens is 3. The first kappa shape index (κ1) is 15.9. The molecule has 6 heteroatoms. The number of hydrogen-bond acceptors (Lipinski definition) is 2. The highest BCUT2D eigenvalue weighted by Gasteiger charge is 2.07. The van der Waals surface area contributed by atoms with Gasteiger partial charge in [0.05, 0.1) is 12.2 Å². The van der Waals surface area contributed by atoms with Crippen LogP contribution in [0.15, 0.2) is 65.5 Å². The smallest absolute Gasteiger partial charge is 0.222 e. The summed E-state index contributed by atoms with van der Waals surface area (Å²) in [6.07, 6.45) is 6.35. The van der Waals surface area contributed by atoms with Crippen molar-refractivity contribution in [3.05, 3.63) is 71.2 Å². The number of hydrogen-bond donors (Lipinski definition) is 1. The molecule has 0 fully saturated rings. The summed E-state index contributed by atoms with van der Waals surface area (Å²) in [6.45, 7) is 1.10. The molecule has 0 unspecified atom stereocenters. The van der Waals surface area contributed by atoms with Gasteiger partial charge in [0.25, 0.3) is 0 Å². The number of carbonyl (C=O) groups excluding carboxylic acids is 1. The van der Waals surface area contributed by atoms with Gasteiger partial charge < -0.3 is 14.3 Å². The molecule has 0 spiro atoms. The number of amides is 1. The lowest BCUT2D eigenvalue weighted by molar-refractivity contribution is -0.121. The van der Waals surface area contributed by atoms with Crippen LogP contribution in [0.3, 0.4) is 0 Å². The van der Waals surface area contributed by atoms with Crippen LogP contribution in [0.4, 0.5) is 0 Å². The molecule has 4 aromatic rings. The monoisotopic (exact) mass is 396 g/mol. The Morgan fingerprint density at radius 3 is 2.92 bits per heavy atom. The second-order valence-corrected chi connectivity index (χ2v) is 6.86. The number of nitrogens with zero attached hydrogens (tertiary/aromatic N) is 3. The van der Waals surface area contributed by atoms with E-state index in [9.17, 15) is 4.79 Å². The van der Waals surface area contributed by atoms with Crippen LogP contribution in [0.5, 0.6) is 0 Å². The van der Waals surface area contributed by atoms with Crippen LogP contribution >= 0.6 is 15.9 Å². The molecule has 0 saturated heterocycles. The third kappa shape index (κ3) is 3.44. The zero-order valence-electron chi connectivity index (χ0n) is 13.5. The molecule has 3 aromatic heterocycles. The summed E-state index contributed by atoms with van der Waals surface area (Å²) in [5, 5.41) is 4.14. The van der Waals surface area contributed by atoms with Gasteiger partial charge in [-0.2, -0.15) is 0 Å². The van der Waals surface area contributed by atoms with E-state index in [0.29, 0.717) is 19.5 Å². The van der Waals surface area contributed by atoms with E-state index in [1.807, 2.05) is 47.3 Å². The molecule has 3 heterocycles. The molecular formula is C19H17BrN4O. The van der Waals surface area contributed by atoms with E-state index in [2.05, 4.69) is 49.0 Å². The molecule has 1 amide bonds. The van der Waals surface area contributed by atoms with E-state index >= 15 is 0 Å². The fraction of sp³-hybridized carbons (Fsp3) is 0.158. The number of aryl methyl sites for hydroxylation is 1. The Morgan fingerprint density at radius 1 is 1.12 bits per heavy atom. The summed E-state index contributed by atoms with van der Waals surface area (Å²) in [4.78, 5) is 16.6. The third-order valence-corrected chi connectivity index (χ3v) is 4.66. The van der Waals surface area contributed by atoms with Crippen molar-refractivity contribution < 1.29 is 4.79 Å². The summed E-state index contributed by atoms with van der Waals surface area (Å²) >= 11 is 3.44. The van der Waals surface area contributed by atoms with Gasteiger partial charge in [-0.15, -0.1) is 0 Å². The Balaban J connectivity index is 1.35. The fourth-order valence-corrected chi connectivity index (χ4v) is 3.29. The van der Waals surface area contributed by atoms with Crippen molar-refractivity contribution in [1.82, 2.24) is 19.3 Å². The van der Waals surface area contributed by atoms with E-state index in [1.165, 1.54) is 5.39 Å². The zero-order chi connectivity index (χ0) is 17.2. The van der Waals surface area contributed by atoms with E-state index in [4.69, 9.17) is 0 Å². The van der Waals surface area contributed by atoms with Gasteiger partial charge in [0.15, 0.2) is 0 Å². The molecule has 1 aromatic carbocycles. The summed E-state index contributed by atoms with van der Waals surface area (Å²) in [5.41, 5.74) is 2.87. The van der Waals surface area contributed by atoms with E-state index in [0.717, 1.165) is 21.3 Å². The largest absolute Gasteiger partial charge is 0.350 e. The summed E-state index contributed by atoms with van der Waals surface area (Å²) in [5.74, 6) is 0.0241. The molecule has 0 bridgehead atoms. The summed E-state index contributed by atoms with van der Waals surface area (Å²) in [7, 11) is 0. The maximum atomic E-state index is 12.2. The molecule has 25 heavy (non-hydrogen) atoms. The highest BCUT2D eigenvalue weighted by atomic mass is 79.9. The van der Waals surface area contributed by atoms with Crippen LogP contribution in [0.1, 0.15) is 12.1 Å². The predicted molar refractivity (Wildman–Crippen MR) is 101 cm³/mol. The Morgan fingerprint density at radius 2 is 2.00 bits per heavy atom. The molecule has 0 aliphatic carbocycles. The highest BCUT2D eigenvalue weighted by Crippen LogP contribution is 2.15. The lowest BCUT2D eigenvalue weighted by atomic mass is 10.2. The molecule has 0 aliphatic heterocycles.